The Morgan fingerprint density at radius 3 is 2.00 bits per heavy atom. The highest BCUT2D eigenvalue weighted by atomic mass is 16.6. The number of amides is 3. The van der Waals surface area contributed by atoms with Gasteiger partial charge in [0.15, 0.2) is 0 Å². The molecule has 140 valence electrons. The molecule has 0 aromatic heterocycles. The minimum Gasteiger partial charge on any atom is -0.450 e. The smallest absolute Gasteiger partial charge is 0.409 e. The zero-order valence-electron chi connectivity index (χ0n) is 15.3. The van der Waals surface area contributed by atoms with Crippen molar-refractivity contribution in [1.29, 1.82) is 0 Å². The molecule has 5 aliphatic rings. The highest BCUT2D eigenvalue weighted by molar-refractivity contribution is 5.75. The second-order valence-corrected chi connectivity index (χ2v) is 8.75. The van der Waals surface area contributed by atoms with E-state index in [0.717, 1.165) is 24.3 Å². The molecule has 5 fully saturated rings. The van der Waals surface area contributed by atoms with Gasteiger partial charge in [-0.15, -0.1) is 0 Å². The van der Waals surface area contributed by atoms with E-state index in [2.05, 4.69) is 5.32 Å². The second-order valence-electron chi connectivity index (χ2n) is 8.75. The Kier molecular flexibility index (Phi) is 4.54. The summed E-state index contributed by atoms with van der Waals surface area (Å²) in [7, 11) is 0. The number of nitrogens with one attached hydrogen (secondary N) is 1. The van der Waals surface area contributed by atoms with Gasteiger partial charge in [-0.25, -0.2) is 9.59 Å². The molecule has 5 rings (SSSR count). The molecule has 3 amide bonds. The summed E-state index contributed by atoms with van der Waals surface area (Å²) in [6.45, 7) is 5.34. The number of nitrogens with zero attached hydrogens (tertiary/aromatic N) is 2. The molecule has 0 unspecified atom stereocenters. The number of hydrogen-bond donors (Lipinski definition) is 1. The van der Waals surface area contributed by atoms with Crippen LogP contribution in [0.4, 0.5) is 9.59 Å². The number of urea groups is 1. The molecule has 1 saturated heterocycles. The highest BCUT2D eigenvalue weighted by Gasteiger charge is 2.50. The first-order chi connectivity index (χ1) is 12.1. The first-order valence-corrected chi connectivity index (χ1v) is 10.0. The van der Waals surface area contributed by atoms with Gasteiger partial charge in [0.1, 0.15) is 0 Å². The van der Waals surface area contributed by atoms with Gasteiger partial charge >= 0.3 is 12.1 Å². The van der Waals surface area contributed by atoms with E-state index in [-0.39, 0.29) is 12.1 Å². The molecule has 6 heteroatoms. The van der Waals surface area contributed by atoms with Gasteiger partial charge in [-0.2, -0.15) is 0 Å². The lowest BCUT2D eigenvalue weighted by atomic mass is 9.49. The monoisotopic (exact) mass is 349 g/mol. The van der Waals surface area contributed by atoms with Crippen molar-refractivity contribution in [1.82, 2.24) is 15.1 Å². The number of hydrogen-bond acceptors (Lipinski definition) is 3. The molecule has 0 aromatic rings. The standard InChI is InChI=1S/C19H31N3O3/c1-2-25-18(24)22-5-3-21(4-6-22)17(23)20-13-19-10-14-7-15(11-19)9-16(8-14)12-19/h14-16H,2-13H2,1H3,(H,20,23). The number of piperazine rings is 1. The predicted octanol–water partition coefficient (Wildman–Crippen LogP) is 2.69. The van der Waals surface area contributed by atoms with E-state index in [1.807, 2.05) is 11.8 Å². The Morgan fingerprint density at radius 2 is 1.48 bits per heavy atom. The van der Waals surface area contributed by atoms with Crippen LogP contribution in [0.2, 0.25) is 0 Å². The molecule has 1 N–H and O–H groups in total. The van der Waals surface area contributed by atoms with Gasteiger partial charge in [-0.05, 0) is 68.6 Å². The lowest BCUT2D eigenvalue weighted by molar-refractivity contribution is -0.0503. The van der Waals surface area contributed by atoms with E-state index in [1.165, 1.54) is 38.5 Å². The Balaban J connectivity index is 1.25. The van der Waals surface area contributed by atoms with E-state index in [1.54, 1.807) is 4.90 Å². The van der Waals surface area contributed by atoms with Gasteiger partial charge in [0.05, 0.1) is 6.61 Å². The molecule has 0 atom stereocenters. The number of ether oxygens (including phenoxy) is 1. The third kappa shape index (κ3) is 3.44. The number of carbonyl (C=O) groups excluding carboxylic acids is 2. The molecule has 4 saturated carbocycles. The fourth-order valence-corrected chi connectivity index (χ4v) is 6.19. The van der Waals surface area contributed by atoms with Crippen LogP contribution in [-0.2, 0) is 4.74 Å². The summed E-state index contributed by atoms with van der Waals surface area (Å²) >= 11 is 0. The van der Waals surface area contributed by atoms with Crippen LogP contribution in [-0.4, -0.2) is 61.3 Å². The zero-order chi connectivity index (χ0) is 17.4. The Morgan fingerprint density at radius 1 is 0.960 bits per heavy atom. The maximum Gasteiger partial charge on any atom is 0.409 e. The average Bonchev–Trinajstić information content (AvgIpc) is 2.59. The minimum absolute atomic E-state index is 0.0410. The van der Waals surface area contributed by atoms with Crippen molar-refractivity contribution in [2.45, 2.75) is 45.4 Å². The van der Waals surface area contributed by atoms with Crippen molar-refractivity contribution in [3.8, 4) is 0 Å². The first-order valence-electron chi connectivity index (χ1n) is 10.0. The molecular formula is C19H31N3O3. The Hall–Kier alpha value is -1.46. The predicted molar refractivity (Wildman–Crippen MR) is 94.2 cm³/mol. The van der Waals surface area contributed by atoms with Crippen molar-refractivity contribution in [2.24, 2.45) is 23.2 Å². The normalized spacial score (nSPS) is 36.4. The summed E-state index contributed by atoms with van der Waals surface area (Å²) in [5.74, 6) is 2.74. The Bertz CT molecular complexity index is 493. The van der Waals surface area contributed by atoms with Gasteiger partial charge in [-0.1, -0.05) is 0 Å². The van der Waals surface area contributed by atoms with Crippen molar-refractivity contribution in [3.63, 3.8) is 0 Å². The molecule has 1 aliphatic heterocycles. The van der Waals surface area contributed by atoms with Crippen LogP contribution < -0.4 is 5.32 Å². The van der Waals surface area contributed by atoms with Crippen LogP contribution in [0.5, 0.6) is 0 Å². The van der Waals surface area contributed by atoms with E-state index in [0.29, 0.717) is 38.2 Å². The number of carbonyl (C=O) groups is 2. The summed E-state index contributed by atoms with van der Waals surface area (Å²) < 4.78 is 5.03. The molecule has 6 nitrogen and oxygen atoms in total. The van der Waals surface area contributed by atoms with Crippen LogP contribution in [0.1, 0.15) is 45.4 Å². The summed E-state index contributed by atoms with van der Waals surface area (Å²) in [4.78, 5) is 27.8. The summed E-state index contributed by atoms with van der Waals surface area (Å²) in [6.07, 6.45) is 7.98. The van der Waals surface area contributed by atoms with Crippen LogP contribution >= 0.6 is 0 Å². The summed E-state index contributed by atoms with van der Waals surface area (Å²) in [5.41, 5.74) is 0.372. The lowest BCUT2D eigenvalue weighted by Gasteiger charge is -2.57. The molecule has 1 heterocycles. The zero-order valence-corrected chi connectivity index (χ0v) is 15.3. The third-order valence-electron chi connectivity index (χ3n) is 6.87. The van der Waals surface area contributed by atoms with E-state index < -0.39 is 0 Å². The Labute approximate surface area is 150 Å². The molecule has 4 aliphatic carbocycles. The van der Waals surface area contributed by atoms with Gasteiger partial charge in [0.25, 0.3) is 0 Å². The largest absolute Gasteiger partial charge is 0.450 e. The van der Waals surface area contributed by atoms with Crippen LogP contribution in [0.15, 0.2) is 0 Å². The van der Waals surface area contributed by atoms with Gasteiger partial charge in [0, 0.05) is 32.7 Å². The quantitative estimate of drug-likeness (QED) is 0.852. The van der Waals surface area contributed by atoms with Crippen LogP contribution in [0, 0.1) is 23.2 Å². The van der Waals surface area contributed by atoms with E-state index >= 15 is 0 Å². The first kappa shape index (κ1) is 17.0. The summed E-state index contributed by atoms with van der Waals surface area (Å²) in [5, 5.41) is 3.23. The lowest BCUT2D eigenvalue weighted by Crippen LogP contribution is -2.56. The van der Waals surface area contributed by atoms with Gasteiger partial charge < -0.3 is 19.9 Å². The van der Waals surface area contributed by atoms with Crippen molar-refractivity contribution >= 4 is 12.1 Å². The second kappa shape index (κ2) is 6.69. The summed E-state index contributed by atoms with van der Waals surface area (Å²) in [6, 6.07) is 0.0410. The van der Waals surface area contributed by atoms with E-state index in [4.69, 9.17) is 4.74 Å². The average molecular weight is 349 g/mol. The van der Waals surface area contributed by atoms with Crippen LogP contribution in [0.3, 0.4) is 0 Å². The molecular weight excluding hydrogens is 318 g/mol. The van der Waals surface area contributed by atoms with Gasteiger partial charge in [-0.3, -0.25) is 0 Å². The van der Waals surface area contributed by atoms with E-state index in [9.17, 15) is 9.59 Å². The third-order valence-corrected chi connectivity index (χ3v) is 6.87. The topological polar surface area (TPSA) is 61.9 Å². The van der Waals surface area contributed by atoms with Crippen molar-refractivity contribution < 1.29 is 14.3 Å². The van der Waals surface area contributed by atoms with Crippen molar-refractivity contribution in [3.05, 3.63) is 0 Å². The fourth-order valence-electron chi connectivity index (χ4n) is 6.19. The van der Waals surface area contributed by atoms with Crippen molar-refractivity contribution in [2.75, 3.05) is 39.3 Å². The fraction of sp³-hybridized carbons (Fsp3) is 0.895. The minimum atomic E-state index is -0.267. The number of rotatable bonds is 3. The maximum absolute atomic E-state index is 12.6. The molecule has 0 aromatic carbocycles. The highest BCUT2D eigenvalue weighted by Crippen LogP contribution is 2.59. The van der Waals surface area contributed by atoms with Crippen LogP contribution in [0.25, 0.3) is 0 Å². The maximum atomic E-state index is 12.6. The molecule has 0 radical (unpaired) electrons. The SMILES string of the molecule is CCOC(=O)N1CCN(C(=O)NCC23CC4CC(CC(C4)C2)C3)CC1. The molecule has 4 bridgehead atoms. The molecule has 25 heavy (non-hydrogen) atoms. The molecule has 0 spiro atoms. The van der Waals surface area contributed by atoms with Gasteiger partial charge in [0.2, 0.25) is 0 Å².